The van der Waals surface area contributed by atoms with Crippen molar-refractivity contribution in [2.75, 3.05) is 31.7 Å². The molecule has 1 fully saturated rings. The molecule has 1 N–H and O–H groups in total. The van der Waals surface area contributed by atoms with Gasteiger partial charge in [0, 0.05) is 57.4 Å². The standard InChI is InChI=1S/C22H25N5O2/c1-28-14-13-26-12-8-17-19(26)3-2-4-20(17)29-16-6-10-27(11-7-16)22-18-5-9-23-21(18)24-15-25-22/h2-5,8-9,12,15-16H,6-7,10-11,13-14H2,1H3,(H,23,24,25). The predicted octanol–water partition coefficient (Wildman–Crippen LogP) is 3.61. The summed E-state index contributed by atoms with van der Waals surface area (Å²) < 4.78 is 13.9. The summed E-state index contributed by atoms with van der Waals surface area (Å²) in [5.41, 5.74) is 2.07. The van der Waals surface area contributed by atoms with E-state index < -0.39 is 0 Å². The van der Waals surface area contributed by atoms with E-state index in [9.17, 15) is 0 Å². The summed E-state index contributed by atoms with van der Waals surface area (Å²) >= 11 is 0. The van der Waals surface area contributed by atoms with Gasteiger partial charge in [-0.05, 0) is 24.3 Å². The molecule has 4 heterocycles. The molecule has 0 amide bonds. The SMILES string of the molecule is COCCn1ccc2c(OC3CCN(c4ncnc5[nH]ccc45)CC3)cccc21. The number of fused-ring (bicyclic) bond motifs is 2. The number of hydrogen-bond acceptors (Lipinski definition) is 5. The Hall–Kier alpha value is -3.06. The molecule has 4 aromatic rings. The first-order valence-electron chi connectivity index (χ1n) is 10.1. The molecule has 1 aliphatic heterocycles. The van der Waals surface area contributed by atoms with Gasteiger partial charge in [-0.15, -0.1) is 0 Å². The highest BCUT2D eigenvalue weighted by molar-refractivity contribution is 5.87. The Kier molecular flexibility index (Phi) is 4.81. The van der Waals surface area contributed by atoms with Crippen molar-refractivity contribution in [3.63, 3.8) is 0 Å². The first kappa shape index (κ1) is 18.0. The van der Waals surface area contributed by atoms with Crippen LogP contribution in [-0.2, 0) is 11.3 Å². The summed E-state index contributed by atoms with van der Waals surface area (Å²) in [5, 5.41) is 2.24. The number of nitrogens with one attached hydrogen (secondary N) is 1. The molecule has 7 nitrogen and oxygen atoms in total. The fourth-order valence-electron chi connectivity index (χ4n) is 4.16. The molecule has 0 saturated carbocycles. The summed E-state index contributed by atoms with van der Waals surface area (Å²) in [6.45, 7) is 3.39. The van der Waals surface area contributed by atoms with E-state index in [1.807, 2.05) is 12.3 Å². The zero-order valence-corrected chi connectivity index (χ0v) is 16.5. The Labute approximate surface area is 169 Å². The van der Waals surface area contributed by atoms with Crippen molar-refractivity contribution in [2.24, 2.45) is 0 Å². The Balaban J connectivity index is 1.28. The van der Waals surface area contributed by atoms with Crippen LogP contribution < -0.4 is 9.64 Å². The number of hydrogen-bond donors (Lipinski definition) is 1. The lowest BCUT2D eigenvalue weighted by Gasteiger charge is -2.33. The fraction of sp³-hybridized carbons (Fsp3) is 0.364. The van der Waals surface area contributed by atoms with Crippen LogP contribution in [0, 0.1) is 0 Å². The normalized spacial score (nSPS) is 15.4. The lowest BCUT2D eigenvalue weighted by Crippen LogP contribution is -2.38. The third-order valence-electron chi connectivity index (χ3n) is 5.68. The van der Waals surface area contributed by atoms with Gasteiger partial charge in [0.2, 0.25) is 0 Å². The minimum atomic E-state index is 0.211. The Bertz CT molecular complexity index is 1110. The van der Waals surface area contributed by atoms with Crippen LogP contribution in [-0.4, -0.2) is 52.4 Å². The first-order chi connectivity index (χ1) is 14.3. The molecule has 0 spiro atoms. The maximum atomic E-state index is 6.43. The summed E-state index contributed by atoms with van der Waals surface area (Å²) in [6, 6.07) is 10.5. The number of H-pyrrole nitrogens is 1. The molecule has 7 heteroatoms. The smallest absolute Gasteiger partial charge is 0.142 e. The molecule has 0 atom stereocenters. The van der Waals surface area contributed by atoms with E-state index in [-0.39, 0.29) is 6.10 Å². The van der Waals surface area contributed by atoms with Crippen LogP contribution in [0.2, 0.25) is 0 Å². The van der Waals surface area contributed by atoms with Crippen molar-refractivity contribution < 1.29 is 9.47 Å². The largest absolute Gasteiger partial charge is 0.490 e. The van der Waals surface area contributed by atoms with Gasteiger partial charge in [-0.2, -0.15) is 0 Å². The maximum absolute atomic E-state index is 6.43. The molecule has 0 bridgehead atoms. The van der Waals surface area contributed by atoms with Gasteiger partial charge in [-0.25, -0.2) is 9.97 Å². The third kappa shape index (κ3) is 3.42. The number of ether oxygens (including phenoxy) is 2. The fourth-order valence-corrected chi connectivity index (χ4v) is 4.16. The summed E-state index contributed by atoms with van der Waals surface area (Å²) in [6.07, 6.45) is 7.80. The lowest BCUT2D eigenvalue weighted by molar-refractivity contribution is 0.173. The molecule has 3 aromatic heterocycles. The second-order valence-electron chi connectivity index (χ2n) is 7.43. The topological polar surface area (TPSA) is 68.2 Å². The monoisotopic (exact) mass is 391 g/mol. The third-order valence-corrected chi connectivity index (χ3v) is 5.68. The molecule has 0 aliphatic carbocycles. The van der Waals surface area contributed by atoms with Gasteiger partial charge in [0.15, 0.2) is 0 Å². The minimum absolute atomic E-state index is 0.211. The molecule has 1 saturated heterocycles. The van der Waals surface area contributed by atoms with Gasteiger partial charge >= 0.3 is 0 Å². The number of methoxy groups -OCH3 is 1. The second kappa shape index (κ2) is 7.75. The van der Waals surface area contributed by atoms with Crippen molar-refractivity contribution >= 4 is 27.8 Å². The van der Waals surface area contributed by atoms with Crippen LogP contribution in [0.3, 0.4) is 0 Å². The maximum Gasteiger partial charge on any atom is 0.142 e. The molecule has 29 heavy (non-hydrogen) atoms. The predicted molar refractivity (Wildman–Crippen MR) is 114 cm³/mol. The highest BCUT2D eigenvalue weighted by atomic mass is 16.5. The molecule has 0 radical (unpaired) electrons. The van der Waals surface area contributed by atoms with Crippen LogP contribution in [0.5, 0.6) is 5.75 Å². The lowest BCUT2D eigenvalue weighted by atomic mass is 10.1. The van der Waals surface area contributed by atoms with E-state index in [0.717, 1.165) is 60.5 Å². The minimum Gasteiger partial charge on any atom is -0.490 e. The van der Waals surface area contributed by atoms with Crippen molar-refractivity contribution in [3.05, 3.63) is 49.1 Å². The van der Waals surface area contributed by atoms with Crippen LogP contribution in [0.25, 0.3) is 21.9 Å². The van der Waals surface area contributed by atoms with Gasteiger partial charge in [0.25, 0.3) is 0 Å². The first-order valence-corrected chi connectivity index (χ1v) is 10.1. The zero-order valence-electron chi connectivity index (χ0n) is 16.5. The summed E-state index contributed by atoms with van der Waals surface area (Å²) in [4.78, 5) is 14.3. The molecular weight excluding hydrogens is 366 g/mol. The molecule has 0 unspecified atom stereocenters. The number of nitrogens with zero attached hydrogens (tertiary/aromatic N) is 4. The zero-order chi connectivity index (χ0) is 19.6. The molecule has 150 valence electrons. The summed E-state index contributed by atoms with van der Waals surface area (Å²) in [5.74, 6) is 1.97. The van der Waals surface area contributed by atoms with Crippen molar-refractivity contribution in [2.45, 2.75) is 25.5 Å². The Morgan fingerprint density at radius 3 is 2.86 bits per heavy atom. The van der Waals surface area contributed by atoms with Gasteiger partial charge in [0.05, 0.1) is 17.5 Å². The van der Waals surface area contributed by atoms with Gasteiger partial charge in [0.1, 0.15) is 29.6 Å². The van der Waals surface area contributed by atoms with Crippen LogP contribution in [0.1, 0.15) is 12.8 Å². The van der Waals surface area contributed by atoms with E-state index in [0.29, 0.717) is 6.61 Å². The summed E-state index contributed by atoms with van der Waals surface area (Å²) in [7, 11) is 1.73. The number of aromatic nitrogens is 4. The van der Waals surface area contributed by atoms with Crippen molar-refractivity contribution in [1.29, 1.82) is 0 Å². The molecule has 5 rings (SSSR count). The second-order valence-corrected chi connectivity index (χ2v) is 7.43. The van der Waals surface area contributed by atoms with E-state index >= 15 is 0 Å². The molecule has 1 aromatic carbocycles. The van der Waals surface area contributed by atoms with Crippen molar-refractivity contribution in [1.82, 2.24) is 19.5 Å². The number of aromatic amines is 1. The highest BCUT2D eigenvalue weighted by Crippen LogP contribution is 2.30. The molecular formula is C22H25N5O2. The van der Waals surface area contributed by atoms with E-state index in [2.05, 4.69) is 54.9 Å². The van der Waals surface area contributed by atoms with E-state index in [1.165, 1.54) is 5.52 Å². The quantitative estimate of drug-likeness (QED) is 0.544. The van der Waals surface area contributed by atoms with E-state index in [1.54, 1.807) is 13.4 Å². The molecule has 1 aliphatic rings. The van der Waals surface area contributed by atoms with Gasteiger partial charge in [-0.1, -0.05) is 6.07 Å². The van der Waals surface area contributed by atoms with Crippen LogP contribution in [0.4, 0.5) is 5.82 Å². The van der Waals surface area contributed by atoms with Gasteiger partial charge < -0.3 is 23.9 Å². The van der Waals surface area contributed by atoms with E-state index in [4.69, 9.17) is 9.47 Å². The number of benzene rings is 1. The van der Waals surface area contributed by atoms with Gasteiger partial charge in [-0.3, -0.25) is 0 Å². The Morgan fingerprint density at radius 2 is 2.00 bits per heavy atom. The van der Waals surface area contributed by atoms with Crippen LogP contribution >= 0.6 is 0 Å². The van der Waals surface area contributed by atoms with Crippen LogP contribution in [0.15, 0.2) is 49.1 Å². The highest BCUT2D eigenvalue weighted by Gasteiger charge is 2.23. The number of anilines is 1. The number of piperidine rings is 1. The Morgan fingerprint density at radius 1 is 1.10 bits per heavy atom. The number of rotatable bonds is 6. The van der Waals surface area contributed by atoms with Crippen molar-refractivity contribution in [3.8, 4) is 5.75 Å². The average molecular weight is 391 g/mol. The average Bonchev–Trinajstić information content (AvgIpc) is 3.40.